The first-order chi connectivity index (χ1) is 10.5. The van der Waals surface area contributed by atoms with Gasteiger partial charge in [0.15, 0.2) is 5.78 Å². The van der Waals surface area contributed by atoms with Gasteiger partial charge in [-0.1, -0.05) is 23.8 Å². The molecule has 0 radical (unpaired) electrons. The number of aryl methyl sites for hydroxylation is 2. The van der Waals surface area contributed by atoms with Gasteiger partial charge in [0.25, 0.3) is 0 Å². The molecule has 2 aromatic carbocycles. The fourth-order valence-electron chi connectivity index (χ4n) is 2.30. The molecule has 22 heavy (non-hydrogen) atoms. The van der Waals surface area contributed by atoms with E-state index in [4.69, 9.17) is 9.47 Å². The summed E-state index contributed by atoms with van der Waals surface area (Å²) in [5, 5.41) is 0. The third kappa shape index (κ3) is 3.55. The second-order valence-corrected chi connectivity index (χ2v) is 5.12. The van der Waals surface area contributed by atoms with Crippen molar-refractivity contribution >= 4 is 11.9 Å². The molecular formula is C19H20O3. The lowest BCUT2D eigenvalue weighted by Gasteiger charge is -2.07. The van der Waals surface area contributed by atoms with Crippen LogP contribution >= 0.6 is 0 Å². The number of rotatable bonds is 5. The minimum Gasteiger partial charge on any atom is -0.497 e. The number of methoxy groups -OCH3 is 2. The molecule has 0 aliphatic heterocycles. The van der Waals surface area contributed by atoms with Crippen LogP contribution in [0.4, 0.5) is 0 Å². The maximum atomic E-state index is 12.3. The van der Waals surface area contributed by atoms with Crippen molar-refractivity contribution in [2.24, 2.45) is 0 Å². The molecule has 0 aliphatic rings. The lowest BCUT2D eigenvalue weighted by molar-refractivity contribution is 0.104. The Morgan fingerprint density at radius 1 is 1.00 bits per heavy atom. The van der Waals surface area contributed by atoms with Crippen LogP contribution in [-0.4, -0.2) is 20.0 Å². The average molecular weight is 296 g/mol. The van der Waals surface area contributed by atoms with Gasteiger partial charge in [0.1, 0.15) is 11.5 Å². The monoisotopic (exact) mass is 296 g/mol. The molecule has 3 heteroatoms. The fraction of sp³-hybridized carbons (Fsp3) is 0.211. The molecule has 0 saturated heterocycles. The Morgan fingerprint density at radius 2 is 1.77 bits per heavy atom. The summed E-state index contributed by atoms with van der Waals surface area (Å²) in [5.74, 6) is 1.37. The van der Waals surface area contributed by atoms with Crippen molar-refractivity contribution in [3.8, 4) is 11.5 Å². The molecular weight excluding hydrogens is 276 g/mol. The predicted molar refractivity (Wildman–Crippen MR) is 88.8 cm³/mol. The van der Waals surface area contributed by atoms with Gasteiger partial charge in [-0.3, -0.25) is 4.79 Å². The highest BCUT2D eigenvalue weighted by molar-refractivity contribution is 6.07. The molecule has 3 nitrogen and oxygen atoms in total. The quantitative estimate of drug-likeness (QED) is 0.612. The number of ether oxygens (including phenoxy) is 2. The van der Waals surface area contributed by atoms with Crippen LogP contribution in [0.1, 0.15) is 27.0 Å². The van der Waals surface area contributed by atoms with Crippen molar-refractivity contribution in [3.63, 3.8) is 0 Å². The number of benzene rings is 2. The van der Waals surface area contributed by atoms with Gasteiger partial charge in [-0.2, -0.15) is 0 Å². The van der Waals surface area contributed by atoms with E-state index in [9.17, 15) is 4.79 Å². The van der Waals surface area contributed by atoms with Crippen LogP contribution in [0.15, 0.2) is 42.5 Å². The van der Waals surface area contributed by atoms with Crippen molar-refractivity contribution in [1.82, 2.24) is 0 Å². The molecule has 0 aromatic heterocycles. The van der Waals surface area contributed by atoms with E-state index < -0.39 is 0 Å². The molecule has 0 spiro atoms. The highest BCUT2D eigenvalue weighted by atomic mass is 16.5. The molecule has 0 heterocycles. The number of carbonyl (C=O) groups excluding carboxylic acids is 1. The van der Waals surface area contributed by atoms with Crippen molar-refractivity contribution in [1.29, 1.82) is 0 Å². The molecule has 0 fully saturated rings. The Labute approximate surface area is 131 Å². The number of hydrogen-bond acceptors (Lipinski definition) is 3. The van der Waals surface area contributed by atoms with Gasteiger partial charge in [-0.25, -0.2) is 0 Å². The smallest absolute Gasteiger partial charge is 0.186 e. The van der Waals surface area contributed by atoms with Gasteiger partial charge in [0, 0.05) is 17.2 Å². The van der Waals surface area contributed by atoms with Gasteiger partial charge < -0.3 is 9.47 Å². The van der Waals surface area contributed by atoms with Crippen LogP contribution in [0, 0.1) is 13.8 Å². The van der Waals surface area contributed by atoms with E-state index in [1.165, 1.54) is 0 Å². The zero-order valence-electron chi connectivity index (χ0n) is 13.3. The topological polar surface area (TPSA) is 35.5 Å². The van der Waals surface area contributed by atoms with E-state index in [0.29, 0.717) is 11.3 Å². The Hall–Kier alpha value is -2.55. The van der Waals surface area contributed by atoms with Crippen LogP contribution in [0.5, 0.6) is 11.5 Å². The standard InChI is InChI=1S/C19H20O3/c1-13-5-9-17(14(2)11-13)18(20)10-7-15-6-8-16(21-3)12-19(15)22-4/h5-12H,1-4H3. The summed E-state index contributed by atoms with van der Waals surface area (Å²) >= 11 is 0. The second-order valence-electron chi connectivity index (χ2n) is 5.12. The largest absolute Gasteiger partial charge is 0.497 e. The van der Waals surface area contributed by atoms with E-state index in [1.807, 2.05) is 44.2 Å². The molecule has 2 rings (SSSR count). The van der Waals surface area contributed by atoms with Crippen LogP contribution in [0.25, 0.3) is 6.08 Å². The minimum atomic E-state index is -0.0182. The Kier molecular flexibility index (Phi) is 4.99. The summed E-state index contributed by atoms with van der Waals surface area (Å²) in [6.45, 7) is 3.96. The third-order valence-electron chi connectivity index (χ3n) is 3.50. The first-order valence-electron chi connectivity index (χ1n) is 7.07. The Balaban J connectivity index is 2.26. The maximum absolute atomic E-state index is 12.3. The Morgan fingerprint density at radius 3 is 2.41 bits per heavy atom. The number of carbonyl (C=O) groups is 1. The number of ketones is 1. The summed E-state index contributed by atoms with van der Waals surface area (Å²) in [7, 11) is 3.20. The highest BCUT2D eigenvalue weighted by Gasteiger charge is 2.07. The van der Waals surface area contributed by atoms with E-state index in [-0.39, 0.29) is 5.78 Å². The summed E-state index contributed by atoms with van der Waals surface area (Å²) in [5.41, 5.74) is 3.68. The molecule has 2 aromatic rings. The summed E-state index contributed by atoms with van der Waals surface area (Å²) in [6, 6.07) is 11.3. The number of allylic oxidation sites excluding steroid dienone is 1. The third-order valence-corrected chi connectivity index (χ3v) is 3.50. The second kappa shape index (κ2) is 6.94. The molecule has 0 aliphatic carbocycles. The zero-order valence-corrected chi connectivity index (χ0v) is 13.3. The minimum absolute atomic E-state index is 0.0182. The molecule has 0 saturated carbocycles. The van der Waals surface area contributed by atoms with Crippen LogP contribution < -0.4 is 9.47 Å². The lowest BCUT2D eigenvalue weighted by atomic mass is 10.0. The van der Waals surface area contributed by atoms with E-state index in [0.717, 1.165) is 22.4 Å². The first-order valence-corrected chi connectivity index (χ1v) is 7.07. The van der Waals surface area contributed by atoms with E-state index >= 15 is 0 Å². The van der Waals surface area contributed by atoms with E-state index in [1.54, 1.807) is 32.4 Å². The predicted octanol–water partition coefficient (Wildman–Crippen LogP) is 4.22. The van der Waals surface area contributed by atoms with Crippen molar-refractivity contribution < 1.29 is 14.3 Å². The van der Waals surface area contributed by atoms with Crippen molar-refractivity contribution in [2.45, 2.75) is 13.8 Å². The van der Waals surface area contributed by atoms with Gasteiger partial charge in [0.2, 0.25) is 0 Å². The average Bonchev–Trinajstić information content (AvgIpc) is 2.52. The lowest BCUT2D eigenvalue weighted by Crippen LogP contribution is -1.98. The molecule has 0 unspecified atom stereocenters. The van der Waals surface area contributed by atoms with Gasteiger partial charge in [-0.05, 0) is 43.7 Å². The first kappa shape index (κ1) is 15.8. The molecule has 114 valence electrons. The summed E-state index contributed by atoms with van der Waals surface area (Å²) < 4.78 is 10.5. The maximum Gasteiger partial charge on any atom is 0.186 e. The zero-order chi connectivity index (χ0) is 16.1. The van der Waals surface area contributed by atoms with Crippen LogP contribution in [0.2, 0.25) is 0 Å². The molecule has 0 atom stereocenters. The van der Waals surface area contributed by atoms with Crippen molar-refractivity contribution in [3.05, 3.63) is 64.7 Å². The van der Waals surface area contributed by atoms with Crippen LogP contribution in [-0.2, 0) is 0 Å². The normalized spacial score (nSPS) is 10.7. The fourth-order valence-corrected chi connectivity index (χ4v) is 2.30. The summed E-state index contributed by atoms with van der Waals surface area (Å²) in [6.07, 6.45) is 3.34. The molecule has 0 bridgehead atoms. The molecule has 0 amide bonds. The highest BCUT2D eigenvalue weighted by Crippen LogP contribution is 2.25. The van der Waals surface area contributed by atoms with Crippen LogP contribution in [0.3, 0.4) is 0 Å². The molecule has 0 N–H and O–H groups in total. The van der Waals surface area contributed by atoms with Gasteiger partial charge in [-0.15, -0.1) is 0 Å². The van der Waals surface area contributed by atoms with E-state index in [2.05, 4.69) is 0 Å². The number of hydrogen-bond donors (Lipinski definition) is 0. The van der Waals surface area contributed by atoms with Gasteiger partial charge >= 0.3 is 0 Å². The van der Waals surface area contributed by atoms with Gasteiger partial charge in [0.05, 0.1) is 14.2 Å². The Bertz CT molecular complexity index is 715. The summed E-state index contributed by atoms with van der Waals surface area (Å²) in [4.78, 5) is 12.3. The SMILES string of the molecule is COc1ccc(C=CC(=O)c2ccc(C)cc2C)c(OC)c1. The van der Waals surface area contributed by atoms with Crippen molar-refractivity contribution in [2.75, 3.05) is 14.2 Å².